The number of nitrogens with zero attached hydrogens (tertiary/aromatic N) is 4. The van der Waals surface area contributed by atoms with Crippen LogP contribution in [0, 0.1) is 0 Å². The van der Waals surface area contributed by atoms with Gasteiger partial charge in [-0.05, 0) is 39.2 Å². The molecule has 0 amide bonds. The predicted molar refractivity (Wildman–Crippen MR) is 127 cm³/mol. The maximum Gasteiger partial charge on any atom is 0.159 e. The van der Waals surface area contributed by atoms with E-state index in [1.807, 2.05) is 12.1 Å². The Morgan fingerprint density at radius 2 is 2.12 bits per heavy atom. The van der Waals surface area contributed by atoms with E-state index in [-0.39, 0.29) is 6.10 Å². The number of anilines is 1. The molecule has 5 rings (SSSR count). The first kappa shape index (κ1) is 20.9. The van der Waals surface area contributed by atoms with Crippen LogP contribution in [-0.2, 0) is 16.1 Å². The van der Waals surface area contributed by atoms with Gasteiger partial charge in [-0.25, -0.2) is 4.98 Å². The number of hydrogen-bond donors (Lipinski definition) is 2. The first-order valence-corrected chi connectivity index (χ1v) is 11.0. The Kier molecular flexibility index (Phi) is 5.58. The number of aromatic amines is 2. The van der Waals surface area contributed by atoms with Gasteiger partial charge < -0.3 is 24.3 Å². The average Bonchev–Trinajstić information content (AvgIpc) is 3.39. The highest BCUT2D eigenvalue weighted by Crippen LogP contribution is 2.30. The summed E-state index contributed by atoms with van der Waals surface area (Å²) in [6.07, 6.45) is 0.200. The third-order valence-electron chi connectivity index (χ3n) is 6.08. The zero-order valence-corrected chi connectivity index (χ0v) is 19.1. The van der Waals surface area contributed by atoms with E-state index in [2.05, 4.69) is 70.3 Å². The summed E-state index contributed by atoms with van der Waals surface area (Å²) >= 11 is 0. The molecule has 0 aliphatic carbocycles. The molecule has 1 aliphatic heterocycles. The lowest BCUT2D eigenvalue weighted by atomic mass is 10.1. The van der Waals surface area contributed by atoms with E-state index in [1.165, 1.54) is 5.69 Å². The van der Waals surface area contributed by atoms with Gasteiger partial charge in [0.15, 0.2) is 5.82 Å². The number of imidazole rings is 1. The van der Waals surface area contributed by atoms with Gasteiger partial charge in [0, 0.05) is 42.9 Å². The lowest BCUT2D eigenvalue weighted by Crippen LogP contribution is -2.51. The molecule has 0 spiro atoms. The number of rotatable bonds is 6. The molecule has 0 saturated carbocycles. The van der Waals surface area contributed by atoms with Crippen LogP contribution in [0.5, 0.6) is 0 Å². The monoisotopic (exact) mass is 434 g/mol. The molecule has 2 atom stereocenters. The number of ether oxygens (including phenoxy) is 2. The minimum absolute atomic E-state index is 0.200. The van der Waals surface area contributed by atoms with Crippen molar-refractivity contribution in [1.29, 1.82) is 0 Å². The van der Waals surface area contributed by atoms with E-state index in [4.69, 9.17) is 14.5 Å². The molecule has 4 aromatic rings. The number of methoxy groups -OCH3 is 1. The van der Waals surface area contributed by atoms with Crippen LogP contribution >= 0.6 is 0 Å². The van der Waals surface area contributed by atoms with Crippen molar-refractivity contribution in [2.24, 2.45) is 0 Å². The molecule has 8 nitrogen and oxygen atoms in total. The van der Waals surface area contributed by atoms with Crippen LogP contribution in [0.15, 0.2) is 36.4 Å². The second kappa shape index (κ2) is 8.54. The number of benzene rings is 2. The van der Waals surface area contributed by atoms with E-state index in [0.29, 0.717) is 12.6 Å². The summed E-state index contributed by atoms with van der Waals surface area (Å²) in [4.78, 5) is 12.9. The van der Waals surface area contributed by atoms with Gasteiger partial charge in [-0.15, -0.1) is 0 Å². The standard InChI is InChI=1S/C24H30N6O2/c1-15-13-32-18(11-29(2)3)12-30(15)17-8-9-20-21(10-17)26-24(25-20)23-19-7-5-6-16(14-31-4)22(19)27-28-23/h5-10,15,18H,11-14H2,1-4H3,(H,25,26)(H,27,28). The molecule has 0 bridgehead atoms. The smallest absolute Gasteiger partial charge is 0.159 e. The average molecular weight is 435 g/mol. The number of H-pyrrole nitrogens is 2. The Balaban J connectivity index is 1.47. The number of hydrogen-bond acceptors (Lipinski definition) is 6. The summed E-state index contributed by atoms with van der Waals surface area (Å²) in [5, 5.41) is 8.75. The molecule has 1 aliphatic rings. The Labute approximate surface area is 187 Å². The summed E-state index contributed by atoms with van der Waals surface area (Å²) in [6.45, 7) is 5.26. The topological polar surface area (TPSA) is 82.3 Å². The second-order valence-corrected chi connectivity index (χ2v) is 8.85. The van der Waals surface area contributed by atoms with Gasteiger partial charge in [0.1, 0.15) is 5.69 Å². The third-order valence-corrected chi connectivity index (χ3v) is 6.08. The Morgan fingerprint density at radius 3 is 2.94 bits per heavy atom. The number of morpholine rings is 1. The molecule has 3 heterocycles. The zero-order valence-electron chi connectivity index (χ0n) is 19.1. The Bertz CT molecular complexity index is 1230. The van der Waals surface area contributed by atoms with Crippen molar-refractivity contribution >= 4 is 27.6 Å². The SMILES string of the molecule is COCc1cccc2c(-c3nc4ccc(N5CC(CN(C)C)OCC5C)cc4[nH]3)n[nH]c12. The van der Waals surface area contributed by atoms with Crippen molar-refractivity contribution in [3.63, 3.8) is 0 Å². The maximum absolute atomic E-state index is 6.04. The Morgan fingerprint density at radius 1 is 1.25 bits per heavy atom. The molecule has 1 saturated heterocycles. The molecule has 2 N–H and O–H groups in total. The molecular formula is C24H30N6O2. The van der Waals surface area contributed by atoms with Crippen LogP contribution in [0.3, 0.4) is 0 Å². The highest BCUT2D eigenvalue weighted by molar-refractivity contribution is 5.95. The van der Waals surface area contributed by atoms with Crippen molar-refractivity contribution in [3.8, 4) is 11.5 Å². The number of aromatic nitrogens is 4. The molecule has 2 aromatic carbocycles. The molecule has 1 fully saturated rings. The van der Waals surface area contributed by atoms with Gasteiger partial charge in [-0.1, -0.05) is 18.2 Å². The normalized spacial score (nSPS) is 19.5. The van der Waals surface area contributed by atoms with Gasteiger partial charge in [-0.3, -0.25) is 5.10 Å². The molecule has 8 heteroatoms. The third kappa shape index (κ3) is 3.85. The van der Waals surface area contributed by atoms with Crippen molar-refractivity contribution < 1.29 is 9.47 Å². The minimum atomic E-state index is 0.200. The predicted octanol–water partition coefficient (Wildman–Crippen LogP) is 3.41. The summed E-state index contributed by atoms with van der Waals surface area (Å²) in [6, 6.07) is 12.9. The number of fused-ring (bicyclic) bond motifs is 2. The van der Waals surface area contributed by atoms with Crippen LogP contribution in [0.1, 0.15) is 12.5 Å². The molecular weight excluding hydrogens is 404 g/mol. The van der Waals surface area contributed by atoms with E-state index in [1.54, 1.807) is 7.11 Å². The minimum Gasteiger partial charge on any atom is -0.380 e. The second-order valence-electron chi connectivity index (χ2n) is 8.85. The van der Waals surface area contributed by atoms with Crippen LogP contribution < -0.4 is 4.90 Å². The lowest BCUT2D eigenvalue weighted by molar-refractivity contribution is 0.00880. The van der Waals surface area contributed by atoms with Crippen LogP contribution in [0.4, 0.5) is 5.69 Å². The summed E-state index contributed by atoms with van der Waals surface area (Å²) in [5.74, 6) is 0.762. The van der Waals surface area contributed by atoms with Gasteiger partial charge >= 0.3 is 0 Å². The van der Waals surface area contributed by atoms with Crippen molar-refractivity contribution in [3.05, 3.63) is 42.0 Å². The summed E-state index contributed by atoms with van der Waals surface area (Å²) < 4.78 is 11.4. The van der Waals surface area contributed by atoms with Crippen molar-refractivity contribution in [1.82, 2.24) is 25.1 Å². The highest BCUT2D eigenvalue weighted by Gasteiger charge is 2.27. The molecule has 32 heavy (non-hydrogen) atoms. The fourth-order valence-electron chi connectivity index (χ4n) is 4.54. The molecule has 168 valence electrons. The van der Waals surface area contributed by atoms with E-state index in [0.717, 1.165) is 58.7 Å². The van der Waals surface area contributed by atoms with Crippen LogP contribution in [-0.4, -0.2) is 78.1 Å². The highest BCUT2D eigenvalue weighted by atomic mass is 16.5. The van der Waals surface area contributed by atoms with Crippen LogP contribution in [0.2, 0.25) is 0 Å². The molecule has 2 unspecified atom stereocenters. The fourth-order valence-corrected chi connectivity index (χ4v) is 4.54. The first-order valence-electron chi connectivity index (χ1n) is 11.0. The number of likely N-dealkylation sites (N-methyl/N-ethyl adjacent to an activating group) is 1. The largest absolute Gasteiger partial charge is 0.380 e. The van der Waals surface area contributed by atoms with Crippen molar-refractivity contribution in [2.45, 2.75) is 25.7 Å². The first-order chi connectivity index (χ1) is 15.5. The van der Waals surface area contributed by atoms with Gasteiger partial charge in [0.05, 0.1) is 35.9 Å². The Hall–Kier alpha value is -2.94. The lowest BCUT2D eigenvalue weighted by Gasteiger charge is -2.40. The van der Waals surface area contributed by atoms with E-state index >= 15 is 0 Å². The molecule has 2 aromatic heterocycles. The van der Waals surface area contributed by atoms with Gasteiger partial charge in [-0.2, -0.15) is 5.10 Å². The fraction of sp³-hybridized carbons (Fsp3) is 0.417. The molecule has 0 radical (unpaired) electrons. The number of nitrogens with one attached hydrogen (secondary N) is 2. The zero-order chi connectivity index (χ0) is 22.2. The quantitative estimate of drug-likeness (QED) is 0.484. The summed E-state index contributed by atoms with van der Waals surface area (Å²) in [5.41, 5.74) is 6.00. The van der Waals surface area contributed by atoms with Gasteiger partial charge in [0.2, 0.25) is 0 Å². The van der Waals surface area contributed by atoms with Crippen LogP contribution in [0.25, 0.3) is 33.5 Å². The maximum atomic E-state index is 6.04. The number of para-hydroxylation sites is 1. The van der Waals surface area contributed by atoms with Gasteiger partial charge in [0.25, 0.3) is 0 Å². The summed E-state index contributed by atoms with van der Waals surface area (Å²) in [7, 11) is 5.87. The van der Waals surface area contributed by atoms with E-state index in [9.17, 15) is 0 Å². The van der Waals surface area contributed by atoms with Crippen molar-refractivity contribution in [2.75, 3.05) is 45.8 Å². The van der Waals surface area contributed by atoms with E-state index < -0.39 is 0 Å².